The first-order chi connectivity index (χ1) is 13.8. The first-order valence-electron chi connectivity index (χ1n) is 10.4. The maximum atomic E-state index is 6.46. The standard InChI is InChI=1S/C25H36N2O2/c1-8-9-10-11-22(17-20(4)28-7)29-24-16-18(2)12-13-23(24)26-21(5)25-19(3)14-15-27(25)6/h10-16,20,22,26H,3,8-9,17H2,1-2,4-7H3/b11-10?,25-21-. The second-order valence-corrected chi connectivity index (χ2v) is 7.71. The molecule has 0 spiro atoms. The first kappa shape index (κ1) is 22.8. The average molecular weight is 397 g/mol. The lowest BCUT2D eigenvalue weighted by atomic mass is 10.1. The Morgan fingerprint density at radius 2 is 2.07 bits per heavy atom. The number of aryl methyl sites for hydroxylation is 2. The number of unbranched alkanes of at least 4 members (excludes halogenated alkanes) is 1. The SMILES string of the molecule is C=c1ccn(C)/c1=C(/C)Nc1ccc(C)cc1OC(C=CCCC)CC(C)OC. The Bertz CT molecular complexity index is 927. The minimum absolute atomic E-state index is 0.0439. The van der Waals surface area contributed by atoms with Crippen LogP contribution in [-0.4, -0.2) is 23.9 Å². The number of allylic oxidation sites excluding steroid dienone is 1. The largest absolute Gasteiger partial charge is 0.484 e. The van der Waals surface area contributed by atoms with Crippen LogP contribution in [0.1, 0.15) is 45.6 Å². The second-order valence-electron chi connectivity index (χ2n) is 7.71. The van der Waals surface area contributed by atoms with Crippen molar-refractivity contribution in [2.75, 3.05) is 12.4 Å². The number of hydrogen-bond acceptors (Lipinski definition) is 3. The van der Waals surface area contributed by atoms with Gasteiger partial charge in [-0.25, -0.2) is 0 Å². The first-order valence-corrected chi connectivity index (χ1v) is 10.4. The number of nitrogens with zero attached hydrogens (tertiary/aromatic N) is 1. The lowest BCUT2D eigenvalue weighted by Gasteiger charge is -2.22. The molecule has 0 radical (unpaired) electrons. The van der Waals surface area contributed by atoms with Gasteiger partial charge in [0, 0.05) is 32.5 Å². The van der Waals surface area contributed by atoms with E-state index in [1.54, 1.807) is 7.11 Å². The lowest BCUT2D eigenvalue weighted by Crippen LogP contribution is -2.30. The van der Waals surface area contributed by atoms with E-state index in [1.165, 1.54) is 0 Å². The maximum absolute atomic E-state index is 6.46. The van der Waals surface area contributed by atoms with Crippen molar-refractivity contribution < 1.29 is 9.47 Å². The van der Waals surface area contributed by atoms with E-state index in [0.717, 1.165) is 52.5 Å². The number of nitrogens with one attached hydrogen (secondary N) is 1. The van der Waals surface area contributed by atoms with Crippen LogP contribution in [0.3, 0.4) is 0 Å². The molecule has 1 heterocycles. The summed E-state index contributed by atoms with van der Waals surface area (Å²) in [6, 6.07) is 8.28. The van der Waals surface area contributed by atoms with Gasteiger partial charge in [0.25, 0.3) is 0 Å². The third-order valence-electron chi connectivity index (χ3n) is 5.02. The van der Waals surface area contributed by atoms with Gasteiger partial charge < -0.3 is 19.4 Å². The highest BCUT2D eigenvalue weighted by atomic mass is 16.5. The number of ether oxygens (including phenoxy) is 2. The molecular formula is C25H36N2O2. The zero-order valence-electron chi connectivity index (χ0n) is 18.8. The third kappa shape index (κ3) is 6.53. The number of aromatic nitrogens is 1. The highest BCUT2D eigenvalue weighted by Gasteiger charge is 2.15. The molecule has 4 heteroatoms. The van der Waals surface area contributed by atoms with E-state index in [4.69, 9.17) is 9.47 Å². The molecule has 4 nitrogen and oxygen atoms in total. The topological polar surface area (TPSA) is 35.4 Å². The van der Waals surface area contributed by atoms with Gasteiger partial charge >= 0.3 is 0 Å². The van der Waals surface area contributed by atoms with Crippen molar-refractivity contribution in [2.45, 2.75) is 59.2 Å². The molecule has 2 rings (SSSR count). The molecule has 0 fully saturated rings. The summed E-state index contributed by atoms with van der Waals surface area (Å²) in [5, 5.41) is 5.63. The number of methoxy groups -OCH3 is 1. The molecule has 1 aromatic carbocycles. The maximum Gasteiger partial charge on any atom is 0.143 e. The molecule has 29 heavy (non-hydrogen) atoms. The molecule has 0 aliphatic rings. The fraction of sp³-hybridized carbons (Fsp3) is 0.440. The van der Waals surface area contributed by atoms with Gasteiger partial charge in [0.15, 0.2) is 0 Å². The van der Waals surface area contributed by atoms with E-state index in [-0.39, 0.29) is 12.2 Å². The molecule has 0 aliphatic heterocycles. The molecule has 1 aromatic heterocycles. The molecule has 0 aliphatic carbocycles. The smallest absolute Gasteiger partial charge is 0.143 e. The van der Waals surface area contributed by atoms with Gasteiger partial charge in [-0.3, -0.25) is 0 Å². The van der Waals surface area contributed by atoms with Gasteiger partial charge in [-0.2, -0.15) is 0 Å². The van der Waals surface area contributed by atoms with Crippen LogP contribution in [0.2, 0.25) is 0 Å². The van der Waals surface area contributed by atoms with E-state index >= 15 is 0 Å². The molecule has 0 amide bonds. The van der Waals surface area contributed by atoms with Gasteiger partial charge in [-0.1, -0.05) is 32.1 Å². The molecular weight excluding hydrogens is 360 g/mol. The molecule has 2 atom stereocenters. The van der Waals surface area contributed by atoms with Gasteiger partial charge in [-0.05, 0) is 62.2 Å². The summed E-state index contributed by atoms with van der Waals surface area (Å²) in [5.41, 5.74) is 3.16. The molecule has 0 saturated carbocycles. The van der Waals surface area contributed by atoms with Crippen LogP contribution in [0.5, 0.6) is 5.75 Å². The fourth-order valence-electron chi connectivity index (χ4n) is 3.35. The molecule has 0 saturated heterocycles. The van der Waals surface area contributed by atoms with Crippen LogP contribution >= 0.6 is 0 Å². The lowest BCUT2D eigenvalue weighted by molar-refractivity contribution is 0.0797. The van der Waals surface area contributed by atoms with Crippen molar-refractivity contribution >= 4 is 18.0 Å². The quantitative estimate of drug-likeness (QED) is 0.600. The van der Waals surface area contributed by atoms with Gasteiger partial charge in [0.05, 0.1) is 17.1 Å². The number of rotatable bonds is 10. The molecule has 158 valence electrons. The highest BCUT2D eigenvalue weighted by Crippen LogP contribution is 2.29. The Balaban J connectivity index is 2.35. The summed E-state index contributed by atoms with van der Waals surface area (Å²) in [6.07, 6.45) is 9.43. The van der Waals surface area contributed by atoms with Crippen LogP contribution in [-0.2, 0) is 11.8 Å². The van der Waals surface area contributed by atoms with E-state index in [1.807, 2.05) is 19.3 Å². The Labute approximate surface area is 175 Å². The average Bonchev–Trinajstić information content (AvgIpc) is 3.02. The van der Waals surface area contributed by atoms with E-state index < -0.39 is 0 Å². The van der Waals surface area contributed by atoms with Crippen molar-refractivity contribution in [1.82, 2.24) is 4.57 Å². The Morgan fingerprint density at radius 3 is 2.69 bits per heavy atom. The van der Waals surface area contributed by atoms with Crippen LogP contribution in [0.25, 0.3) is 12.3 Å². The van der Waals surface area contributed by atoms with E-state index in [9.17, 15) is 0 Å². The van der Waals surface area contributed by atoms with Crippen LogP contribution in [0.15, 0.2) is 42.6 Å². The summed E-state index contributed by atoms with van der Waals surface area (Å²) < 4.78 is 14.0. The number of benzene rings is 1. The van der Waals surface area contributed by atoms with Crippen molar-refractivity contribution in [3.8, 4) is 5.75 Å². The summed E-state index contributed by atoms with van der Waals surface area (Å²) in [7, 11) is 3.77. The zero-order valence-corrected chi connectivity index (χ0v) is 18.8. The van der Waals surface area contributed by atoms with Crippen LogP contribution in [0.4, 0.5) is 5.69 Å². The van der Waals surface area contributed by atoms with E-state index in [2.05, 4.69) is 74.5 Å². The normalized spacial score (nSPS) is 14.7. The van der Waals surface area contributed by atoms with Gasteiger partial charge in [-0.15, -0.1) is 0 Å². The molecule has 0 bridgehead atoms. The third-order valence-corrected chi connectivity index (χ3v) is 5.02. The molecule has 2 aromatic rings. The number of hydrogen-bond donors (Lipinski definition) is 1. The van der Waals surface area contributed by atoms with Gasteiger partial charge in [0.2, 0.25) is 0 Å². The van der Waals surface area contributed by atoms with Crippen molar-refractivity contribution in [1.29, 1.82) is 0 Å². The highest BCUT2D eigenvalue weighted by molar-refractivity contribution is 5.69. The monoisotopic (exact) mass is 396 g/mol. The predicted octanol–water partition coefficient (Wildman–Crippen LogP) is 4.51. The molecule has 1 N–H and O–H groups in total. The van der Waals surface area contributed by atoms with Gasteiger partial charge in [0.1, 0.15) is 11.9 Å². The fourth-order valence-corrected chi connectivity index (χ4v) is 3.35. The van der Waals surface area contributed by atoms with Crippen molar-refractivity contribution in [3.05, 3.63) is 58.7 Å². The summed E-state index contributed by atoms with van der Waals surface area (Å²) in [4.78, 5) is 0. The summed E-state index contributed by atoms with van der Waals surface area (Å²) >= 11 is 0. The Kier molecular flexibility index (Phi) is 8.59. The predicted molar refractivity (Wildman–Crippen MR) is 124 cm³/mol. The van der Waals surface area contributed by atoms with E-state index in [0.29, 0.717) is 0 Å². The van der Waals surface area contributed by atoms with Crippen LogP contribution in [0, 0.1) is 6.92 Å². The minimum atomic E-state index is -0.0439. The number of anilines is 1. The van der Waals surface area contributed by atoms with Crippen molar-refractivity contribution in [2.24, 2.45) is 7.05 Å². The Morgan fingerprint density at radius 1 is 1.31 bits per heavy atom. The Hall–Kier alpha value is -2.46. The van der Waals surface area contributed by atoms with Crippen LogP contribution < -0.4 is 20.6 Å². The zero-order chi connectivity index (χ0) is 21.4. The minimum Gasteiger partial charge on any atom is -0.484 e. The second kappa shape index (κ2) is 10.9. The summed E-state index contributed by atoms with van der Waals surface area (Å²) in [6.45, 7) is 12.5. The molecule has 2 unspecified atom stereocenters. The summed E-state index contributed by atoms with van der Waals surface area (Å²) in [5.74, 6) is 0.846. The van der Waals surface area contributed by atoms with Crippen molar-refractivity contribution in [3.63, 3.8) is 0 Å².